The summed E-state index contributed by atoms with van der Waals surface area (Å²) >= 11 is 0. The Balaban J connectivity index is 4.37. The largest absolute Gasteiger partial charge is 0.462 e. The Morgan fingerprint density at radius 3 is 0.877 bits per heavy atom. The van der Waals surface area contributed by atoms with Crippen molar-refractivity contribution in [2.45, 2.75) is 309 Å². The lowest BCUT2D eigenvalue weighted by Crippen LogP contribution is -2.30. The number of ether oxygens (including phenoxy) is 3. The van der Waals surface area contributed by atoms with Gasteiger partial charge in [0.1, 0.15) is 13.2 Å². The van der Waals surface area contributed by atoms with Crippen molar-refractivity contribution in [3.63, 3.8) is 0 Å². The van der Waals surface area contributed by atoms with E-state index < -0.39 is 6.10 Å². The van der Waals surface area contributed by atoms with E-state index in [1.54, 1.807) is 0 Å². The number of hydrogen-bond donors (Lipinski definition) is 0. The van der Waals surface area contributed by atoms with Crippen molar-refractivity contribution in [3.8, 4) is 0 Å². The lowest BCUT2D eigenvalue weighted by Gasteiger charge is -2.18. The molecule has 0 aromatic carbocycles. The van der Waals surface area contributed by atoms with Crippen LogP contribution in [0.3, 0.4) is 0 Å². The van der Waals surface area contributed by atoms with Gasteiger partial charge < -0.3 is 14.2 Å². The fraction of sp³-hybridized carbons (Fsp3) is 0.847. The van der Waals surface area contributed by atoms with Gasteiger partial charge in [0, 0.05) is 19.3 Å². The molecule has 0 rings (SSSR count). The minimum atomic E-state index is -0.778. The van der Waals surface area contributed by atoms with E-state index in [1.165, 1.54) is 180 Å². The molecule has 380 valence electrons. The van der Waals surface area contributed by atoms with E-state index in [4.69, 9.17) is 14.2 Å². The van der Waals surface area contributed by atoms with Crippen molar-refractivity contribution < 1.29 is 28.6 Å². The summed E-state index contributed by atoms with van der Waals surface area (Å²) < 4.78 is 16.9. The van der Waals surface area contributed by atoms with Gasteiger partial charge >= 0.3 is 17.9 Å². The van der Waals surface area contributed by atoms with Crippen LogP contribution in [0, 0.1) is 0 Å². The van der Waals surface area contributed by atoms with E-state index in [0.717, 1.165) is 83.5 Å². The van der Waals surface area contributed by atoms with Crippen LogP contribution in [0.2, 0.25) is 0 Å². The Morgan fingerprint density at radius 1 is 0.308 bits per heavy atom. The fourth-order valence-electron chi connectivity index (χ4n) is 8.29. The minimum absolute atomic E-state index is 0.0758. The summed E-state index contributed by atoms with van der Waals surface area (Å²) in [6.07, 6.45) is 64.1. The molecule has 1 atom stereocenters. The molecule has 0 fully saturated rings. The van der Waals surface area contributed by atoms with Gasteiger partial charge in [0.15, 0.2) is 6.10 Å². The Labute approximate surface area is 404 Å². The maximum atomic E-state index is 12.8. The van der Waals surface area contributed by atoms with Crippen LogP contribution in [0.15, 0.2) is 36.5 Å². The van der Waals surface area contributed by atoms with Crippen LogP contribution in [-0.4, -0.2) is 37.2 Å². The minimum Gasteiger partial charge on any atom is -0.462 e. The molecular formula is C59H108O6. The summed E-state index contributed by atoms with van der Waals surface area (Å²) in [7, 11) is 0. The molecule has 65 heavy (non-hydrogen) atoms. The second-order valence-corrected chi connectivity index (χ2v) is 19.2. The van der Waals surface area contributed by atoms with Gasteiger partial charge in [0.2, 0.25) is 0 Å². The average molecular weight is 914 g/mol. The SMILES string of the molecule is CCCCCC/C=C\C/C=C\CCCCCCCC(=O)OC(COC(=O)CCCCCCCCC/C=C\CCCCCCCC)COC(=O)CCCCCCCCCCCCCCCC. The summed E-state index contributed by atoms with van der Waals surface area (Å²) in [5.74, 6) is -0.878. The Kier molecular flexibility index (Phi) is 52.3. The zero-order chi connectivity index (χ0) is 47.2. The molecule has 6 heteroatoms. The highest BCUT2D eigenvalue weighted by molar-refractivity contribution is 5.71. The lowest BCUT2D eigenvalue weighted by atomic mass is 10.0. The predicted molar refractivity (Wildman–Crippen MR) is 279 cm³/mol. The number of carbonyl (C=O) groups is 3. The van der Waals surface area contributed by atoms with Crippen molar-refractivity contribution in [2.75, 3.05) is 13.2 Å². The molecule has 0 amide bonds. The summed E-state index contributed by atoms with van der Waals surface area (Å²) in [5, 5.41) is 0. The quantitative estimate of drug-likeness (QED) is 0.0262. The lowest BCUT2D eigenvalue weighted by molar-refractivity contribution is -0.167. The first kappa shape index (κ1) is 62.6. The molecule has 0 aromatic rings. The third-order valence-corrected chi connectivity index (χ3v) is 12.6. The summed E-state index contributed by atoms with van der Waals surface area (Å²) in [4.78, 5) is 38.1. The Bertz CT molecular complexity index is 1090. The fourth-order valence-corrected chi connectivity index (χ4v) is 8.29. The molecule has 0 N–H and O–H groups in total. The third-order valence-electron chi connectivity index (χ3n) is 12.6. The van der Waals surface area contributed by atoms with E-state index >= 15 is 0 Å². The second-order valence-electron chi connectivity index (χ2n) is 19.2. The van der Waals surface area contributed by atoms with E-state index in [1.807, 2.05) is 0 Å². The number of esters is 3. The molecule has 0 aliphatic carbocycles. The summed E-state index contributed by atoms with van der Waals surface area (Å²) in [6, 6.07) is 0. The van der Waals surface area contributed by atoms with Crippen LogP contribution in [0.1, 0.15) is 303 Å². The number of carbonyl (C=O) groups excluding carboxylic acids is 3. The average Bonchev–Trinajstić information content (AvgIpc) is 3.30. The number of unbranched alkanes of at least 4 members (excludes halogenated alkanes) is 35. The highest BCUT2D eigenvalue weighted by Crippen LogP contribution is 2.16. The zero-order valence-electron chi connectivity index (χ0n) is 43.5. The van der Waals surface area contributed by atoms with Crippen molar-refractivity contribution in [1.82, 2.24) is 0 Å². The van der Waals surface area contributed by atoms with Gasteiger partial charge in [0.25, 0.3) is 0 Å². The maximum absolute atomic E-state index is 12.8. The van der Waals surface area contributed by atoms with E-state index in [-0.39, 0.29) is 31.1 Å². The molecular weight excluding hydrogens is 805 g/mol. The maximum Gasteiger partial charge on any atom is 0.306 e. The van der Waals surface area contributed by atoms with E-state index in [0.29, 0.717) is 19.3 Å². The van der Waals surface area contributed by atoms with Gasteiger partial charge in [-0.25, -0.2) is 0 Å². The first-order valence-electron chi connectivity index (χ1n) is 28.5. The van der Waals surface area contributed by atoms with Crippen LogP contribution in [0.5, 0.6) is 0 Å². The molecule has 0 radical (unpaired) electrons. The van der Waals surface area contributed by atoms with Crippen molar-refractivity contribution in [3.05, 3.63) is 36.5 Å². The third kappa shape index (κ3) is 52.5. The first-order valence-corrected chi connectivity index (χ1v) is 28.5. The molecule has 0 aromatic heterocycles. The van der Waals surface area contributed by atoms with E-state index in [2.05, 4.69) is 57.2 Å². The van der Waals surface area contributed by atoms with Crippen LogP contribution in [-0.2, 0) is 28.6 Å². The van der Waals surface area contributed by atoms with Crippen LogP contribution >= 0.6 is 0 Å². The van der Waals surface area contributed by atoms with Gasteiger partial charge in [-0.3, -0.25) is 14.4 Å². The van der Waals surface area contributed by atoms with Gasteiger partial charge in [-0.2, -0.15) is 0 Å². The monoisotopic (exact) mass is 913 g/mol. The highest BCUT2D eigenvalue weighted by atomic mass is 16.6. The van der Waals surface area contributed by atoms with Gasteiger partial charge in [-0.1, -0.05) is 243 Å². The van der Waals surface area contributed by atoms with E-state index in [9.17, 15) is 14.4 Å². The smallest absolute Gasteiger partial charge is 0.306 e. The van der Waals surface area contributed by atoms with Crippen molar-refractivity contribution >= 4 is 17.9 Å². The molecule has 0 heterocycles. The Morgan fingerprint density at radius 2 is 0.554 bits per heavy atom. The van der Waals surface area contributed by atoms with Crippen molar-refractivity contribution in [1.29, 1.82) is 0 Å². The van der Waals surface area contributed by atoms with Crippen molar-refractivity contribution in [2.24, 2.45) is 0 Å². The predicted octanol–water partition coefficient (Wildman–Crippen LogP) is 18.9. The van der Waals surface area contributed by atoms with Gasteiger partial charge in [0.05, 0.1) is 0 Å². The summed E-state index contributed by atoms with van der Waals surface area (Å²) in [5.41, 5.74) is 0. The molecule has 0 spiro atoms. The normalized spacial score (nSPS) is 12.2. The molecule has 0 saturated carbocycles. The van der Waals surface area contributed by atoms with Crippen LogP contribution in [0.4, 0.5) is 0 Å². The molecule has 1 unspecified atom stereocenters. The molecule has 0 bridgehead atoms. The number of hydrogen-bond acceptors (Lipinski definition) is 6. The molecule has 0 aliphatic heterocycles. The molecule has 6 nitrogen and oxygen atoms in total. The molecule has 0 saturated heterocycles. The summed E-state index contributed by atoms with van der Waals surface area (Å²) in [6.45, 7) is 6.64. The second kappa shape index (κ2) is 54.2. The zero-order valence-corrected chi connectivity index (χ0v) is 43.5. The standard InChI is InChI=1S/C59H108O6/c1-4-7-10-13-16-19-22-25-28-30-32-34-37-40-43-46-49-52-58(61)64-55-56(54-63-57(60)51-48-45-42-39-36-33-27-24-21-18-15-12-9-6-3)65-59(62)53-50-47-44-41-38-35-31-29-26-23-20-17-14-11-8-5-2/h20,23,25,28-29,31,56H,4-19,21-22,24,26-27,30,32-55H2,1-3H3/b23-20-,28-25-,31-29-. The highest BCUT2D eigenvalue weighted by Gasteiger charge is 2.19. The number of rotatable bonds is 52. The topological polar surface area (TPSA) is 78.9 Å². The number of allylic oxidation sites excluding steroid dienone is 6. The molecule has 0 aliphatic rings. The van der Waals surface area contributed by atoms with Gasteiger partial charge in [-0.05, 0) is 77.0 Å². The first-order chi connectivity index (χ1) is 32.0. The van der Waals surface area contributed by atoms with Crippen LogP contribution < -0.4 is 0 Å². The Hall–Kier alpha value is -2.37. The van der Waals surface area contributed by atoms with Crippen LogP contribution in [0.25, 0.3) is 0 Å². The van der Waals surface area contributed by atoms with Gasteiger partial charge in [-0.15, -0.1) is 0 Å².